The smallest absolute Gasteiger partial charge is 0.245 e. The van der Waals surface area contributed by atoms with Crippen LogP contribution in [0.2, 0.25) is 0 Å². The van der Waals surface area contributed by atoms with E-state index in [-0.39, 0.29) is 12.1 Å². The van der Waals surface area contributed by atoms with Gasteiger partial charge in [0.05, 0.1) is 21.3 Å². The molecule has 1 aliphatic heterocycles. The van der Waals surface area contributed by atoms with Crippen LogP contribution in [0.15, 0.2) is 47.0 Å². The summed E-state index contributed by atoms with van der Waals surface area (Å²) in [5, 5.41) is 4.13. The van der Waals surface area contributed by atoms with E-state index < -0.39 is 0 Å². The molecule has 0 aliphatic carbocycles. The van der Waals surface area contributed by atoms with Gasteiger partial charge < -0.3 is 18.7 Å². The monoisotopic (exact) mass is 382 g/mol. The van der Waals surface area contributed by atoms with Crippen LogP contribution in [0.5, 0.6) is 17.2 Å². The van der Waals surface area contributed by atoms with E-state index in [0.717, 1.165) is 12.0 Å². The fourth-order valence-electron chi connectivity index (χ4n) is 3.33. The molecule has 1 saturated heterocycles. The SMILES string of the molecule is COc1cc(-c2noc(C3CC(c4ccccc4)NN3)n2)cc(OC)c1OC. The lowest BCUT2D eigenvalue weighted by atomic mass is 10.0. The predicted octanol–water partition coefficient (Wildman–Crippen LogP) is 3.04. The van der Waals surface area contributed by atoms with E-state index in [1.165, 1.54) is 5.56 Å². The first-order valence-corrected chi connectivity index (χ1v) is 8.93. The van der Waals surface area contributed by atoms with E-state index in [0.29, 0.717) is 29.0 Å². The first-order valence-electron chi connectivity index (χ1n) is 8.93. The Morgan fingerprint density at radius 1 is 0.929 bits per heavy atom. The van der Waals surface area contributed by atoms with Crippen molar-refractivity contribution in [3.8, 4) is 28.6 Å². The number of nitrogens with zero attached hydrogens (tertiary/aromatic N) is 2. The summed E-state index contributed by atoms with van der Waals surface area (Å²) in [6, 6.07) is 13.9. The molecule has 146 valence electrons. The zero-order chi connectivity index (χ0) is 19.5. The standard InChI is InChI=1S/C20H22N4O4/c1-25-16-9-13(10-17(26-2)18(16)27-3)19-21-20(28-24-19)15-11-14(22-23-15)12-7-5-4-6-8-12/h4-10,14-15,22-23H,11H2,1-3H3. The molecule has 4 rings (SSSR count). The average molecular weight is 382 g/mol. The van der Waals surface area contributed by atoms with Gasteiger partial charge in [0.15, 0.2) is 11.5 Å². The van der Waals surface area contributed by atoms with E-state index in [9.17, 15) is 0 Å². The molecule has 2 unspecified atom stereocenters. The van der Waals surface area contributed by atoms with Crippen LogP contribution in [0, 0.1) is 0 Å². The molecule has 1 aliphatic rings. The number of ether oxygens (including phenoxy) is 3. The largest absolute Gasteiger partial charge is 0.493 e. The highest BCUT2D eigenvalue weighted by Crippen LogP contribution is 2.41. The molecule has 1 aromatic heterocycles. The minimum atomic E-state index is -0.0755. The number of hydrogen-bond acceptors (Lipinski definition) is 8. The highest BCUT2D eigenvalue weighted by atomic mass is 16.5. The Hall–Kier alpha value is -3.10. The minimum absolute atomic E-state index is 0.0755. The van der Waals surface area contributed by atoms with Crippen molar-refractivity contribution in [3.05, 3.63) is 53.9 Å². The first-order chi connectivity index (χ1) is 13.7. The van der Waals surface area contributed by atoms with Crippen LogP contribution in [0.1, 0.15) is 30.0 Å². The van der Waals surface area contributed by atoms with Gasteiger partial charge in [0, 0.05) is 11.6 Å². The van der Waals surface area contributed by atoms with Crippen LogP contribution in [-0.2, 0) is 0 Å². The second kappa shape index (κ2) is 7.87. The van der Waals surface area contributed by atoms with Crippen molar-refractivity contribution in [1.29, 1.82) is 0 Å². The molecule has 2 N–H and O–H groups in total. The number of hydrogen-bond donors (Lipinski definition) is 2. The van der Waals surface area contributed by atoms with Crippen molar-refractivity contribution >= 4 is 0 Å². The molecule has 2 heterocycles. The Morgan fingerprint density at radius 2 is 1.61 bits per heavy atom. The number of nitrogens with one attached hydrogen (secondary N) is 2. The molecule has 8 nitrogen and oxygen atoms in total. The highest BCUT2D eigenvalue weighted by molar-refractivity contribution is 5.66. The fraction of sp³-hybridized carbons (Fsp3) is 0.300. The lowest BCUT2D eigenvalue weighted by molar-refractivity contribution is 0.324. The van der Waals surface area contributed by atoms with Gasteiger partial charge in [0.2, 0.25) is 17.5 Å². The summed E-state index contributed by atoms with van der Waals surface area (Å²) in [6.07, 6.45) is 0.806. The van der Waals surface area contributed by atoms with Gasteiger partial charge in [0.1, 0.15) is 6.04 Å². The molecular formula is C20H22N4O4. The molecule has 3 aromatic rings. The fourth-order valence-corrected chi connectivity index (χ4v) is 3.33. The van der Waals surface area contributed by atoms with Gasteiger partial charge in [-0.2, -0.15) is 4.98 Å². The molecule has 0 bridgehead atoms. The highest BCUT2D eigenvalue weighted by Gasteiger charge is 2.30. The minimum Gasteiger partial charge on any atom is -0.493 e. The van der Waals surface area contributed by atoms with Gasteiger partial charge in [-0.25, -0.2) is 10.9 Å². The Kier molecular flexibility index (Phi) is 5.14. The lowest BCUT2D eigenvalue weighted by Crippen LogP contribution is -2.26. The van der Waals surface area contributed by atoms with E-state index in [2.05, 4.69) is 33.1 Å². The maximum atomic E-state index is 5.51. The van der Waals surface area contributed by atoms with E-state index >= 15 is 0 Å². The number of aromatic nitrogens is 2. The molecule has 0 radical (unpaired) electrons. The van der Waals surface area contributed by atoms with Crippen LogP contribution in [0.4, 0.5) is 0 Å². The first kappa shape index (κ1) is 18.3. The van der Waals surface area contributed by atoms with E-state index in [4.69, 9.17) is 18.7 Å². The maximum absolute atomic E-state index is 5.51. The van der Waals surface area contributed by atoms with Gasteiger partial charge in [-0.3, -0.25) is 0 Å². The van der Waals surface area contributed by atoms with Crippen LogP contribution < -0.4 is 25.1 Å². The molecule has 2 aromatic carbocycles. The second-order valence-corrected chi connectivity index (χ2v) is 6.41. The second-order valence-electron chi connectivity index (χ2n) is 6.41. The van der Waals surface area contributed by atoms with Gasteiger partial charge in [-0.15, -0.1) is 0 Å². The summed E-state index contributed by atoms with van der Waals surface area (Å²) < 4.78 is 21.7. The van der Waals surface area contributed by atoms with Crippen molar-refractivity contribution in [3.63, 3.8) is 0 Å². The van der Waals surface area contributed by atoms with Crippen LogP contribution in [0.3, 0.4) is 0 Å². The van der Waals surface area contributed by atoms with Crippen LogP contribution in [0.25, 0.3) is 11.4 Å². The molecule has 2 atom stereocenters. The van der Waals surface area contributed by atoms with Crippen molar-refractivity contribution in [1.82, 2.24) is 21.0 Å². The molecule has 28 heavy (non-hydrogen) atoms. The molecule has 8 heteroatoms. The summed E-state index contributed by atoms with van der Waals surface area (Å²) in [6.45, 7) is 0. The third-order valence-corrected chi connectivity index (χ3v) is 4.77. The Labute approximate surface area is 162 Å². The summed E-state index contributed by atoms with van der Waals surface area (Å²) in [5.41, 5.74) is 8.45. The Bertz CT molecular complexity index is 919. The third-order valence-electron chi connectivity index (χ3n) is 4.77. The summed E-state index contributed by atoms with van der Waals surface area (Å²) >= 11 is 0. The molecule has 1 fully saturated rings. The van der Waals surface area contributed by atoms with Crippen molar-refractivity contribution in [2.24, 2.45) is 0 Å². The van der Waals surface area contributed by atoms with Crippen molar-refractivity contribution < 1.29 is 18.7 Å². The molecule has 0 amide bonds. The van der Waals surface area contributed by atoms with E-state index in [1.54, 1.807) is 33.5 Å². The molecular weight excluding hydrogens is 360 g/mol. The van der Waals surface area contributed by atoms with Gasteiger partial charge >= 0.3 is 0 Å². The Morgan fingerprint density at radius 3 is 2.25 bits per heavy atom. The summed E-state index contributed by atoms with van der Waals surface area (Å²) in [4.78, 5) is 4.56. The van der Waals surface area contributed by atoms with Crippen LogP contribution >= 0.6 is 0 Å². The number of rotatable bonds is 6. The number of benzene rings is 2. The normalized spacial score (nSPS) is 18.8. The number of methoxy groups -OCH3 is 3. The third kappa shape index (κ3) is 3.39. The zero-order valence-electron chi connectivity index (χ0n) is 15.9. The lowest BCUT2D eigenvalue weighted by Gasteiger charge is -2.12. The summed E-state index contributed by atoms with van der Waals surface area (Å²) in [5.74, 6) is 2.57. The topological polar surface area (TPSA) is 90.7 Å². The average Bonchev–Trinajstić information content (AvgIpc) is 3.43. The van der Waals surface area contributed by atoms with Crippen molar-refractivity contribution in [2.45, 2.75) is 18.5 Å². The predicted molar refractivity (Wildman–Crippen MR) is 102 cm³/mol. The van der Waals surface area contributed by atoms with Gasteiger partial charge in [-0.05, 0) is 24.1 Å². The number of hydrazine groups is 1. The molecule has 0 saturated carbocycles. The van der Waals surface area contributed by atoms with Gasteiger partial charge in [0.25, 0.3) is 0 Å². The van der Waals surface area contributed by atoms with Crippen molar-refractivity contribution in [2.75, 3.05) is 21.3 Å². The van der Waals surface area contributed by atoms with Crippen LogP contribution in [-0.4, -0.2) is 31.5 Å². The summed E-state index contributed by atoms with van der Waals surface area (Å²) in [7, 11) is 4.70. The van der Waals surface area contributed by atoms with E-state index in [1.807, 2.05) is 18.2 Å². The molecule has 0 spiro atoms. The van der Waals surface area contributed by atoms with Gasteiger partial charge in [-0.1, -0.05) is 35.5 Å². The quantitative estimate of drug-likeness (QED) is 0.672. The zero-order valence-corrected chi connectivity index (χ0v) is 15.9. The maximum Gasteiger partial charge on any atom is 0.245 e. The Balaban J connectivity index is 1.57.